The molecule has 0 unspecified atom stereocenters. The summed E-state index contributed by atoms with van der Waals surface area (Å²) in [7, 11) is 3.13. The van der Waals surface area contributed by atoms with Crippen LogP contribution in [0.3, 0.4) is 0 Å². The smallest absolute Gasteiger partial charge is 0.407 e. The van der Waals surface area contributed by atoms with Crippen LogP contribution in [0, 0.1) is 0 Å². The Morgan fingerprint density at radius 3 is 2.41 bits per heavy atom. The molecule has 2 amide bonds. The van der Waals surface area contributed by atoms with E-state index < -0.39 is 17.2 Å². The van der Waals surface area contributed by atoms with E-state index in [9.17, 15) is 9.59 Å². The largest absolute Gasteiger partial charge is 0.493 e. The quantitative estimate of drug-likeness (QED) is 0.482. The van der Waals surface area contributed by atoms with Crippen molar-refractivity contribution in [2.75, 3.05) is 20.8 Å². The van der Waals surface area contributed by atoms with Gasteiger partial charge in [-0.15, -0.1) is 0 Å². The van der Waals surface area contributed by atoms with Crippen LogP contribution < -0.4 is 20.1 Å². The second kappa shape index (κ2) is 9.58. The van der Waals surface area contributed by atoms with Crippen molar-refractivity contribution in [3.8, 4) is 22.8 Å². The van der Waals surface area contributed by atoms with Gasteiger partial charge in [0.15, 0.2) is 17.1 Å². The van der Waals surface area contributed by atoms with Gasteiger partial charge in [-0.3, -0.25) is 4.79 Å². The van der Waals surface area contributed by atoms with Crippen LogP contribution in [-0.4, -0.2) is 58.9 Å². The fraction of sp³-hybridized carbons (Fsp3) is 0.417. The van der Waals surface area contributed by atoms with E-state index in [0.29, 0.717) is 33.9 Å². The fourth-order valence-corrected chi connectivity index (χ4v) is 3.23. The van der Waals surface area contributed by atoms with Crippen LogP contribution in [-0.2, 0) is 4.74 Å². The van der Waals surface area contributed by atoms with Gasteiger partial charge in [-0.05, 0) is 52.8 Å². The minimum Gasteiger partial charge on any atom is -0.493 e. The van der Waals surface area contributed by atoms with E-state index in [0.717, 1.165) is 5.56 Å². The molecule has 0 saturated carbocycles. The third kappa shape index (κ3) is 5.94. The molecule has 2 aromatic heterocycles. The van der Waals surface area contributed by atoms with E-state index in [-0.39, 0.29) is 12.5 Å². The second-order valence-electron chi connectivity index (χ2n) is 9.42. The van der Waals surface area contributed by atoms with E-state index in [4.69, 9.17) is 14.2 Å². The summed E-state index contributed by atoms with van der Waals surface area (Å²) >= 11 is 0. The Bertz CT molecular complexity index is 1200. The van der Waals surface area contributed by atoms with Crippen LogP contribution in [0.15, 0.2) is 30.6 Å². The number of alkyl carbamates (subject to hydrolysis) is 1. The predicted molar refractivity (Wildman–Crippen MR) is 128 cm³/mol. The lowest BCUT2D eigenvalue weighted by Crippen LogP contribution is -2.52. The summed E-state index contributed by atoms with van der Waals surface area (Å²) in [5, 5.41) is 5.61. The highest BCUT2D eigenvalue weighted by Gasteiger charge is 2.26. The number of methoxy groups -OCH3 is 2. The Kier molecular flexibility index (Phi) is 6.99. The zero-order chi connectivity index (χ0) is 25.1. The minimum absolute atomic E-state index is 0.179. The highest BCUT2D eigenvalue weighted by Crippen LogP contribution is 2.32. The van der Waals surface area contributed by atoms with Crippen molar-refractivity contribution in [1.29, 1.82) is 0 Å². The summed E-state index contributed by atoms with van der Waals surface area (Å²) < 4.78 is 15.9. The van der Waals surface area contributed by atoms with Gasteiger partial charge in [0.2, 0.25) is 0 Å². The van der Waals surface area contributed by atoms with Gasteiger partial charge in [0.05, 0.1) is 37.2 Å². The average molecular weight is 470 g/mol. The lowest BCUT2D eigenvalue weighted by Gasteiger charge is -2.27. The number of H-pyrrole nitrogens is 1. The van der Waals surface area contributed by atoms with Crippen molar-refractivity contribution in [1.82, 2.24) is 25.6 Å². The Morgan fingerprint density at radius 2 is 1.76 bits per heavy atom. The number of hydrogen-bond acceptors (Lipinski definition) is 7. The summed E-state index contributed by atoms with van der Waals surface area (Å²) in [4.78, 5) is 37.1. The number of benzene rings is 1. The normalized spacial score (nSPS) is 11.7. The first-order valence-electron chi connectivity index (χ1n) is 10.8. The van der Waals surface area contributed by atoms with E-state index in [1.807, 2.05) is 6.07 Å². The molecule has 1 aromatic carbocycles. The van der Waals surface area contributed by atoms with Crippen LogP contribution in [0.4, 0.5) is 4.79 Å². The number of carbonyl (C=O) groups is 2. The monoisotopic (exact) mass is 469 g/mol. The van der Waals surface area contributed by atoms with Crippen LogP contribution >= 0.6 is 0 Å². The fourth-order valence-electron chi connectivity index (χ4n) is 3.23. The van der Waals surface area contributed by atoms with Gasteiger partial charge in [0.25, 0.3) is 5.91 Å². The number of aromatic nitrogens is 3. The molecule has 10 nitrogen and oxygen atoms in total. The van der Waals surface area contributed by atoms with Crippen molar-refractivity contribution in [2.24, 2.45) is 0 Å². The maximum Gasteiger partial charge on any atom is 0.407 e. The van der Waals surface area contributed by atoms with E-state index >= 15 is 0 Å². The summed E-state index contributed by atoms with van der Waals surface area (Å²) in [5.41, 5.74) is 1.25. The maximum atomic E-state index is 13.1. The molecule has 2 heterocycles. The van der Waals surface area contributed by atoms with E-state index in [1.165, 1.54) is 0 Å². The van der Waals surface area contributed by atoms with Gasteiger partial charge in [-0.25, -0.2) is 14.8 Å². The molecule has 0 aliphatic rings. The standard InChI is InChI=1S/C24H31N5O5/c1-23(2,3)34-22(31)27-13-24(4,5)29-21(30)15-11-25-20-19(15)28-16(12-26-20)14-8-9-17(32-6)18(10-14)33-7/h8-12H,13H2,1-7H3,(H,25,26)(H,27,31)(H,29,30). The first-order valence-corrected chi connectivity index (χ1v) is 10.8. The number of fused-ring (bicyclic) bond motifs is 1. The molecule has 182 valence electrons. The first kappa shape index (κ1) is 24.8. The zero-order valence-electron chi connectivity index (χ0n) is 20.5. The lowest BCUT2D eigenvalue weighted by molar-refractivity contribution is 0.0509. The summed E-state index contributed by atoms with van der Waals surface area (Å²) in [6.07, 6.45) is 2.64. The van der Waals surface area contributed by atoms with Gasteiger partial charge in [-0.1, -0.05) is 0 Å². The molecule has 10 heteroatoms. The lowest BCUT2D eigenvalue weighted by atomic mass is 10.1. The topological polar surface area (TPSA) is 127 Å². The molecule has 0 spiro atoms. The number of ether oxygens (including phenoxy) is 3. The number of hydrogen-bond donors (Lipinski definition) is 3. The molecule has 0 bridgehead atoms. The molecule has 0 fully saturated rings. The molecular weight excluding hydrogens is 438 g/mol. The SMILES string of the molecule is COc1ccc(-c2cnc3[nH]cc(C(=O)NC(C)(C)CNC(=O)OC(C)(C)C)c3n2)cc1OC. The summed E-state index contributed by atoms with van der Waals surface area (Å²) in [5.74, 6) is 0.818. The van der Waals surface area contributed by atoms with E-state index in [2.05, 4.69) is 25.6 Å². The molecule has 0 saturated heterocycles. The van der Waals surface area contributed by atoms with Crippen LogP contribution in [0.1, 0.15) is 45.0 Å². The zero-order valence-corrected chi connectivity index (χ0v) is 20.5. The van der Waals surface area contributed by atoms with Crippen molar-refractivity contribution >= 4 is 23.2 Å². The molecule has 3 N–H and O–H groups in total. The predicted octanol–water partition coefficient (Wildman–Crippen LogP) is 3.68. The highest BCUT2D eigenvalue weighted by atomic mass is 16.6. The first-order chi connectivity index (χ1) is 15.9. The number of rotatable bonds is 7. The Morgan fingerprint density at radius 1 is 1.06 bits per heavy atom. The van der Waals surface area contributed by atoms with Crippen molar-refractivity contribution in [3.05, 3.63) is 36.2 Å². The van der Waals surface area contributed by atoms with Gasteiger partial charge < -0.3 is 29.8 Å². The van der Waals surface area contributed by atoms with Crippen LogP contribution in [0.25, 0.3) is 22.4 Å². The Balaban J connectivity index is 1.79. The van der Waals surface area contributed by atoms with Gasteiger partial charge in [0.1, 0.15) is 11.1 Å². The molecule has 0 aliphatic carbocycles. The Hall–Kier alpha value is -3.82. The van der Waals surface area contributed by atoms with Crippen LogP contribution in [0.5, 0.6) is 11.5 Å². The molecular formula is C24H31N5O5. The molecule has 3 rings (SSSR count). The third-order valence-corrected chi connectivity index (χ3v) is 4.83. The number of nitrogens with one attached hydrogen (secondary N) is 3. The van der Waals surface area contributed by atoms with Gasteiger partial charge in [0, 0.05) is 18.3 Å². The molecule has 0 aliphatic heterocycles. The number of amides is 2. The van der Waals surface area contributed by atoms with E-state index in [1.54, 1.807) is 73.4 Å². The Labute approximate surface area is 198 Å². The second-order valence-corrected chi connectivity index (χ2v) is 9.42. The molecule has 0 radical (unpaired) electrons. The van der Waals surface area contributed by atoms with Crippen LogP contribution in [0.2, 0.25) is 0 Å². The number of nitrogens with zero attached hydrogens (tertiary/aromatic N) is 2. The van der Waals surface area contributed by atoms with Gasteiger partial charge >= 0.3 is 6.09 Å². The summed E-state index contributed by atoms with van der Waals surface area (Å²) in [6, 6.07) is 5.42. The third-order valence-electron chi connectivity index (χ3n) is 4.83. The van der Waals surface area contributed by atoms with Crippen molar-refractivity contribution in [3.63, 3.8) is 0 Å². The molecule has 0 atom stereocenters. The highest BCUT2D eigenvalue weighted by molar-refractivity contribution is 6.05. The average Bonchev–Trinajstić information content (AvgIpc) is 3.19. The van der Waals surface area contributed by atoms with Gasteiger partial charge in [-0.2, -0.15) is 0 Å². The maximum absolute atomic E-state index is 13.1. The molecule has 3 aromatic rings. The number of aromatic amines is 1. The van der Waals surface area contributed by atoms with Crippen molar-refractivity contribution < 1.29 is 23.8 Å². The summed E-state index contributed by atoms with van der Waals surface area (Å²) in [6.45, 7) is 9.14. The van der Waals surface area contributed by atoms with Crippen molar-refractivity contribution in [2.45, 2.75) is 45.8 Å². The molecule has 34 heavy (non-hydrogen) atoms. The number of carbonyl (C=O) groups excluding carboxylic acids is 2. The minimum atomic E-state index is -0.744.